The number of quaternary nitrogens is 1. The molecule has 0 unspecified atom stereocenters. The molecule has 4 atom stereocenters. The Balaban J connectivity index is 2.18. The van der Waals surface area contributed by atoms with Crippen molar-refractivity contribution in [2.24, 2.45) is 11.8 Å². The number of nitrogens with two attached hydrogens (primary N) is 1. The number of nitrogens with zero attached hydrogens (tertiary/aromatic N) is 1. The minimum absolute atomic E-state index is 0.155. The van der Waals surface area contributed by atoms with Gasteiger partial charge in [-0.3, -0.25) is 14.5 Å². The van der Waals surface area contributed by atoms with E-state index in [1.165, 1.54) is 24.2 Å². The Morgan fingerprint density at radius 1 is 1.38 bits per heavy atom. The van der Waals surface area contributed by atoms with Crippen LogP contribution in [0.3, 0.4) is 0 Å². The first kappa shape index (κ1) is 21.4. The lowest BCUT2D eigenvalue weighted by Gasteiger charge is -2.33. The maximum Gasteiger partial charge on any atom is 0.240 e. The fraction of sp³-hybridized carbons (Fsp3) is 0.550. The lowest BCUT2D eigenvalue weighted by molar-refractivity contribution is -0.739. The molecule has 2 amide bonds. The number of thioether (sulfide) groups is 1. The van der Waals surface area contributed by atoms with Crippen molar-refractivity contribution in [1.29, 1.82) is 0 Å². The third-order valence-electron chi connectivity index (χ3n) is 6.03. The SMILES string of the molecule is COc1cccc([C@@H]2[NH2+][C@@](CCSC)(C(=O)[O-])[C@@H]3C(=O)N(C(C)C)C(=O)[C@@H]32)c1O. The van der Waals surface area contributed by atoms with Gasteiger partial charge in [-0.1, -0.05) is 6.07 Å². The third-order valence-corrected chi connectivity index (χ3v) is 6.64. The summed E-state index contributed by atoms with van der Waals surface area (Å²) in [5, 5.41) is 24.6. The second-order valence-corrected chi connectivity index (χ2v) is 8.79. The van der Waals surface area contributed by atoms with Crippen molar-refractivity contribution in [3.8, 4) is 11.5 Å². The fourth-order valence-corrected chi connectivity index (χ4v) is 5.26. The molecule has 1 aromatic carbocycles. The molecule has 0 aliphatic carbocycles. The summed E-state index contributed by atoms with van der Waals surface area (Å²) in [6, 6.07) is 3.74. The van der Waals surface area contributed by atoms with Crippen LogP contribution in [0.1, 0.15) is 31.9 Å². The zero-order valence-corrected chi connectivity index (χ0v) is 17.7. The van der Waals surface area contributed by atoms with Crippen molar-refractivity contribution in [3.63, 3.8) is 0 Å². The maximum atomic E-state index is 13.2. The van der Waals surface area contributed by atoms with Crippen molar-refractivity contribution in [3.05, 3.63) is 23.8 Å². The van der Waals surface area contributed by atoms with Crippen molar-refractivity contribution in [1.82, 2.24) is 4.90 Å². The van der Waals surface area contributed by atoms with Gasteiger partial charge in [-0.25, -0.2) is 0 Å². The van der Waals surface area contributed by atoms with Crippen LogP contribution in [-0.4, -0.2) is 58.5 Å². The molecule has 9 heteroatoms. The van der Waals surface area contributed by atoms with E-state index in [4.69, 9.17) is 4.74 Å². The van der Waals surface area contributed by atoms with Crippen molar-refractivity contribution < 1.29 is 34.7 Å². The van der Waals surface area contributed by atoms with E-state index in [-0.39, 0.29) is 24.0 Å². The molecule has 2 heterocycles. The number of rotatable bonds is 7. The highest BCUT2D eigenvalue weighted by Gasteiger charge is 2.69. The van der Waals surface area contributed by atoms with E-state index in [2.05, 4.69) is 0 Å². The zero-order valence-electron chi connectivity index (χ0n) is 16.9. The number of carboxylic acids is 1. The predicted molar refractivity (Wildman–Crippen MR) is 104 cm³/mol. The highest BCUT2D eigenvalue weighted by molar-refractivity contribution is 7.98. The number of fused-ring (bicyclic) bond motifs is 1. The molecule has 2 fully saturated rings. The minimum Gasteiger partial charge on any atom is -0.544 e. The Labute approximate surface area is 173 Å². The normalized spacial score (nSPS) is 28.9. The number of benzene rings is 1. The Morgan fingerprint density at radius 3 is 2.62 bits per heavy atom. The summed E-state index contributed by atoms with van der Waals surface area (Å²) in [6.07, 6.45) is 2.02. The first-order valence-electron chi connectivity index (χ1n) is 9.50. The van der Waals surface area contributed by atoms with Gasteiger partial charge in [-0.05, 0) is 38.0 Å². The van der Waals surface area contributed by atoms with Crippen LogP contribution >= 0.6 is 11.8 Å². The van der Waals surface area contributed by atoms with Crippen LogP contribution < -0.4 is 15.2 Å². The molecule has 158 valence electrons. The summed E-state index contributed by atoms with van der Waals surface area (Å²) in [6.45, 7) is 3.45. The van der Waals surface area contributed by atoms with Crippen molar-refractivity contribution in [2.75, 3.05) is 19.1 Å². The summed E-state index contributed by atoms with van der Waals surface area (Å²) < 4.78 is 5.17. The van der Waals surface area contributed by atoms with Gasteiger partial charge >= 0.3 is 0 Å². The van der Waals surface area contributed by atoms with Crippen LogP contribution in [-0.2, 0) is 14.4 Å². The summed E-state index contributed by atoms with van der Waals surface area (Å²) in [5.41, 5.74) is -1.21. The first-order chi connectivity index (χ1) is 13.7. The Hall–Kier alpha value is -2.26. The lowest BCUT2D eigenvalue weighted by atomic mass is 9.78. The number of hydrogen-bond acceptors (Lipinski definition) is 7. The monoisotopic (exact) mass is 422 g/mol. The predicted octanol–water partition coefficient (Wildman–Crippen LogP) is -0.730. The number of phenolic OH excluding ortho intramolecular Hbond substituents is 1. The molecule has 8 nitrogen and oxygen atoms in total. The quantitative estimate of drug-likeness (QED) is 0.555. The molecule has 2 aliphatic rings. The molecule has 3 N–H and O–H groups in total. The van der Waals surface area contributed by atoms with E-state index < -0.39 is 41.2 Å². The topological polar surface area (TPSA) is 124 Å². The average molecular weight is 423 g/mol. The summed E-state index contributed by atoms with van der Waals surface area (Å²) in [4.78, 5) is 40.0. The molecule has 0 bridgehead atoms. The van der Waals surface area contributed by atoms with Crippen molar-refractivity contribution >= 4 is 29.5 Å². The smallest absolute Gasteiger partial charge is 0.240 e. The van der Waals surface area contributed by atoms with Gasteiger partial charge in [0.1, 0.15) is 23.8 Å². The van der Waals surface area contributed by atoms with Gasteiger partial charge < -0.3 is 25.1 Å². The number of aliphatic carboxylic acids is 1. The van der Waals surface area contributed by atoms with E-state index in [1.807, 2.05) is 6.26 Å². The highest BCUT2D eigenvalue weighted by atomic mass is 32.2. The summed E-state index contributed by atoms with van der Waals surface area (Å²) in [5.74, 6) is -3.65. The van der Waals surface area contributed by atoms with Crippen LogP contribution in [0, 0.1) is 11.8 Å². The van der Waals surface area contributed by atoms with Gasteiger partial charge in [-0.2, -0.15) is 11.8 Å². The van der Waals surface area contributed by atoms with Gasteiger partial charge in [0.15, 0.2) is 17.0 Å². The second-order valence-electron chi connectivity index (χ2n) is 7.80. The first-order valence-corrected chi connectivity index (χ1v) is 10.9. The van der Waals surface area contributed by atoms with Gasteiger partial charge in [-0.15, -0.1) is 0 Å². The van der Waals surface area contributed by atoms with E-state index in [0.29, 0.717) is 11.3 Å². The van der Waals surface area contributed by atoms with Gasteiger partial charge in [0.25, 0.3) is 0 Å². The molecule has 0 saturated carbocycles. The number of ether oxygens (including phenoxy) is 1. The molecule has 2 aliphatic heterocycles. The molecule has 0 aromatic heterocycles. The molecule has 0 radical (unpaired) electrons. The Morgan fingerprint density at radius 2 is 2.07 bits per heavy atom. The van der Waals surface area contributed by atoms with E-state index in [1.54, 1.807) is 32.0 Å². The number of carbonyl (C=O) groups excluding carboxylic acids is 3. The van der Waals surface area contributed by atoms with Gasteiger partial charge in [0, 0.05) is 12.5 Å². The number of para-hydroxylation sites is 1. The number of carbonyl (C=O) groups is 3. The van der Waals surface area contributed by atoms with Gasteiger partial charge in [0.2, 0.25) is 11.8 Å². The molecule has 29 heavy (non-hydrogen) atoms. The molecular weight excluding hydrogens is 396 g/mol. The van der Waals surface area contributed by atoms with Crippen LogP contribution in [0.5, 0.6) is 11.5 Å². The Kier molecular flexibility index (Phi) is 5.82. The van der Waals surface area contributed by atoms with Crippen LogP contribution in [0.2, 0.25) is 0 Å². The lowest BCUT2D eigenvalue weighted by Crippen LogP contribution is -2.99. The van der Waals surface area contributed by atoms with E-state index in [9.17, 15) is 24.6 Å². The zero-order chi connectivity index (χ0) is 21.5. The number of methoxy groups -OCH3 is 1. The van der Waals surface area contributed by atoms with Gasteiger partial charge in [0.05, 0.1) is 12.7 Å². The highest BCUT2D eigenvalue weighted by Crippen LogP contribution is 2.48. The number of aromatic hydroxyl groups is 1. The number of phenols is 1. The average Bonchev–Trinajstić information content (AvgIpc) is 3.15. The van der Waals surface area contributed by atoms with Crippen LogP contribution in [0.15, 0.2) is 18.2 Å². The van der Waals surface area contributed by atoms with Crippen molar-refractivity contribution in [2.45, 2.75) is 37.9 Å². The molecule has 1 aromatic rings. The minimum atomic E-state index is -1.58. The number of amides is 2. The molecular formula is C20H26N2O6S. The third kappa shape index (κ3) is 3.16. The molecule has 3 rings (SSSR count). The summed E-state index contributed by atoms with van der Waals surface area (Å²) >= 11 is 1.46. The van der Waals surface area contributed by atoms with Crippen LogP contribution in [0.4, 0.5) is 0 Å². The number of carboxylic acid groups (broad SMARTS) is 1. The Bertz CT molecular complexity index is 844. The fourth-order valence-electron chi connectivity index (χ4n) is 4.72. The summed E-state index contributed by atoms with van der Waals surface area (Å²) in [7, 11) is 1.41. The standard InChI is InChI=1S/C20H26N2O6S/c1-10(2)22-17(24)13-14(18(22)25)20(19(26)27,8-9-29-4)21-15(13)11-6-5-7-12(28-3)16(11)23/h5-7,10,13-15,21,23H,8-9H2,1-4H3,(H,26,27)/t13-,14-,15-,20+/m0/s1. The van der Waals surface area contributed by atoms with Crippen LogP contribution in [0.25, 0.3) is 0 Å². The molecule has 0 spiro atoms. The number of likely N-dealkylation sites (tertiary alicyclic amines) is 1. The number of hydrogen-bond donors (Lipinski definition) is 2. The maximum absolute atomic E-state index is 13.2. The second kappa shape index (κ2) is 7.87. The van der Waals surface area contributed by atoms with E-state index >= 15 is 0 Å². The van der Waals surface area contributed by atoms with E-state index in [0.717, 1.165) is 4.90 Å². The number of imide groups is 1. The molecule has 2 saturated heterocycles. The largest absolute Gasteiger partial charge is 0.544 e.